The van der Waals surface area contributed by atoms with Crippen LogP contribution in [0, 0.1) is 5.41 Å². The summed E-state index contributed by atoms with van der Waals surface area (Å²) >= 11 is 12.7. The van der Waals surface area contributed by atoms with Crippen LogP contribution >= 0.6 is 23.2 Å². The molecule has 1 saturated carbocycles. The Morgan fingerprint density at radius 3 is 2.64 bits per heavy atom. The Balaban J connectivity index is 1.50. The third kappa shape index (κ3) is 2.79. The topological polar surface area (TPSA) is 59.5 Å². The van der Waals surface area contributed by atoms with Crippen molar-refractivity contribution >= 4 is 34.8 Å². The molecule has 2 N–H and O–H groups in total. The van der Waals surface area contributed by atoms with Crippen molar-refractivity contribution in [2.24, 2.45) is 11.1 Å². The van der Waals surface area contributed by atoms with Gasteiger partial charge in [0.2, 0.25) is 5.95 Å². The van der Waals surface area contributed by atoms with Gasteiger partial charge >= 0.3 is 0 Å². The number of benzene rings is 1. The smallest absolute Gasteiger partial charge is 0.211 e. The van der Waals surface area contributed by atoms with Gasteiger partial charge in [-0.2, -0.15) is 0 Å². The van der Waals surface area contributed by atoms with E-state index in [4.69, 9.17) is 33.9 Å². The van der Waals surface area contributed by atoms with Crippen LogP contribution in [0.15, 0.2) is 36.8 Å². The molecule has 1 aliphatic carbocycles. The summed E-state index contributed by atoms with van der Waals surface area (Å²) in [5.41, 5.74) is 9.34. The van der Waals surface area contributed by atoms with Crippen molar-refractivity contribution < 1.29 is 0 Å². The van der Waals surface area contributed by atoms with Crippen LogP contribution in [0.2, 0.25) is 10.0 Å². The van der Waals surface area contributed by atoms with E-state index in [0.717, 1.165) is 48.7 Å². The van der Waals surface area contributed by atoms with E-state index in [1.807, 2.05) is 24.5 Å². The molecule has 1 atom stereocenters. The number of aromatic nitrogens is 3. The van der Waals surface area contributed by atoms with E-state index in [1.165, 1.54) is 19.3 Å². The van der Waals surface area contributed by atoms with Crippen molar-refractivity contribution in [2.45, 2.75) is 38.1 Å². The highest BCUT2D eigenvalue weighted by molar-refractivity contribution is 6.43. The summed E-state index contributed by atoms with van der Waals surface area (Å²) in [6, 6.07) is 5.98. The zero-order chi connectivity index (χ0) is 19.3. The van der Waals surface area contributed by atoms with Gasteiger partial charge < -0.3 is 10.6 Å². The Kier molecular flexibility index (Phi) is 4.49. The van der Waals surface area contributed by atoms with E-state index < -0.39 is 0 Å². The molecule has 146 valence electrons. The van der Waals surface area contributed by atoms with E-state index in [2.05, 4.69) is 14.3 Å². The van der Waals surface area contributed by atoms with Gasteiger partial charge in [-0.15, -0.1) is 0 Å². The molecule has 5 rings (SSSR count). The normalized spacial score (nSPS) is 21.7. The maximum absolute atomic E-state index is 6.45. The predicted octanol–water partition coefficient (Wildman–Crippen LogP) is 4.80. The van der Waals surface area contributed by atoms with Crippen LogP contribution in [0.4, 0.5) is 5.95 Å². The summed E-state index contributed by atoms with van der Waals surface area (Å²) in [6.45, 7) is 1.95. The highest BCUT2D eigenvalue weighted by Crippen LogP contribution is 2.46. The minimum Gasteiger partial charge on any atom is -0.342 e. The van der Waals surface area contributed by atoms with Gasteiger partial charge in [-0.25, -0.2) is 9.97 Å². The zero-order valence-corrected chi connectivity index (χ0v) is 17.1. The van der Waals surface area contributed by atoms with Crippen molar-refractivity contribution in [2.75, 3.05) is 18.0 Å². The van der Waals surface area contributed by atoms with Crippen LogP contribution in [0.5, 0.6) is 0 Å². The second kappa shape index (κ2) is 6.90. The first-order valence-corrected chi connectivity index (χ1v) is 10.6. The molecule has 3 aromatic rings. The number of imidazole rings is 1. The number of nitrogens with zero attached hydrogens (tertiary/aromatic N) is 4. The van der Waals surface area contributed by atoms with Crippen LogP contribution in [0.3, 0.4) is 0 Å². The summed E-state index contributed by atoms with van der Waals surface area (Å²) in [4.78, 5) is 11.7. The monoisotopic (exact) mass is 415 g/mol. The minimum absolute atomic E-state index is 0.332. The second-order valence-electron chi connectivity index (χ2n) is 8.04. The van der Waals surface area contributed by atoms with Crippen LogP contribution in [0.25, 0.3) is 16.8 Å². The largest absolute Gasteiger partial charge is 0.342 e. The number of rotatable bonds is 2. The van der Waals surface area contributed by atoms with Gasteiger partial charge in [0.25, 0.3) is 0 Å². The molecule has 0 radical (unpaired) electrons. The highest BCUT2D eigenvalue weighted by Gasteiger charge is 2.43. The van der Waals surface area contributed by atoms with Gasteiger partial charge in [0.15, 0.2) is 0 Å². The Morgan fingerprint density at radius 2 is 1.89 bits per heavy atom. The fraction of sp³-hybridized carbons (Fsp3) is 0.429. The molecule has 2 fully saturated rings. The fourth-order valence-electron chi connectivity index (χ4n) is 4.98. The van der Waals surface area contributed by atoms with Gasteiger partial charge in [0.1, 0.15) is 5.65 Å². The fourth-order valence-corrected chi connectivity index (χ4v) is 5.38. The lowest BCUT2D eigenvalue weighted by atomic mass is 9.74. The summed E-state index contributed by atoms with van der Waals surface area (Å²) in [7, 11) is 0. The molecule has 1 spiro atoms. The highest BCUT2D eigenvalue weighted by atomic mass is 35.5. The predicted molar refractivity (Wildman–Crippen MR) is 114 cm³/mol. The van der Waals surface area contributed by atoms with E-state index >= 15 is 0 Å². The Bertz CT molecular complexity index is 1020. The molecule has 0 amide bonds. The summed E-state index contributed by atoms with van der Waals surface area (Å²) in [5, 5.41) is 1.06. The van der Waals surface area contributed by atoms with Crippen molar-refractivity contribution in [3.63, 3.8) is 0 Å². The average Bonchev–Trinajstić information content (AvgIpc) is 3.32. The number of hydrogen-bond donors (Lipinski definition) is 1. The lowest BCUT2D eigenvalue weighted by molar-refractivity contribution is 0.197. The van der Waals surface area contributed by atoms with E-state index in [-0.39, 0.29) is 0 Å². The first-order chi connectivity index (χ1) is 13.6. The van der Waals surface area contributed by atoms with E-state index in [1.54, 1.807) is 12.3 Å². The average molecular weight is 416 g/mol. The second-order valence-corrected chi connectivity index (χ2v) is 8.83. The minimum atomic E-state index is 0.332. The van der Waals surface area contributed by atoms with Crippen molar-refractivity contribution in [1.29, 1.82) is 0 Å². The summed E-state index contributed by atoms with van der Waals surface area (Å²) < 4.78 is 2.05. The quantitative estimate of drug-likeness (QED) is 0.652. The Morgan fingerprint density at radius 1 is 1.07 bits per heavy atom. The van der Waals surface area contributed by atoms with Gasteiger partial charge in [-0.1, -0.05) is 41.8 Å². The molecule has 0 bridgehead atoms. The molecule has 2 aromatic heterocycles. The third-order valence-corrected chi connectivity index (χ3v) is 7.49. The van der Waals surface area contributed by atoms with E-state index in [0.29, 0.717) is 21.5 Å². The molecule has 28 heavy (non-hydrogen) atoms. The van der Waals surface area contributed by atoms with E-state index in [9.17, 15) is 0 Å². The first-order valence-electron chi connectivity index (χ1n) is 9.86. The Hall–Kier alpha value is -1.82. The number of piperidine rings is 1. The van der Waals surface area contributed by atoms with Gasteiger partial charge in [0, 0.05) is 48.8 Å². The molecule has 0 unspecified atom stereocenters. The molecule has 1 aliphatic heterocycles. The summed E-state index contributed by atoms with van der Waals surface area (Å²) in [6.07, 6.45) is 11.6. The van der Waals surface area contributed by atoms with Crippen molar-refractivity contribution in [1.82, 2.24) is 14.4 Å². The van der Waals surface area contributed by atoms with Crippen LogP contribution < -0.4 is 10.6 Å². The van der Waals surface area contributed by atoms with Gasteiger partial charge in [-0.05, 0) is 37.2 Å². The molecule has 7 heteroatoms. The zero-order valence-electron chi connectivity index (χ0n) is 15.6. The number of halogens is 2. The number of anilines is 1. The van der Waals surface area contributed by atoms with Gasteiger partial charge in [0.05, 0.1) is 10.0 Å². The molecule has 2 aliphatic rings. The molecular formula is C21H23Cl2N5. The lowest BCUT2D eigenvalue weighted by Crippen LogP contribution is -2.47. The number of nitrogens with two attached hydrogens (primary N) is 1. The SMILES string of the molecule is N[C@@H]1CCCC12CCN(c1ncc(-c3cccc(Cl)c3Cl)c3nccn13)CC2. The van der Waals surface area contributed by atoms with Crippen LogP contribution in [0.1, 0.15) is 32.1 Å². The molecule has 5 nitrogen and oxygen atoms in total. The molecule has 3 heterocycles. The standard InChI is InChI=1S/C21H23Cl2N5/c22-16-4-1-3-14(18(16)23)15-13-26-20(28-12-9-25-19(15)28)27-10-7-21(8-11-27)6-2-5-17(21)24/h1,3-4,9,12-13,17H,2,5-8,10-11,24H2/t17-/m1/s1. The summed E-state index contributed by atoms with van der Waals surface area (Å²) in [5.74, 6) is 0.927. The maximum atomic E-state index is 6.45. The first kappa shape index (κ1) is 18.2. The maximum Gasteiger partial charge on any atom is 0.211 e. The van der Waals surface area contributed by atoms with Crippen molar-refractivity contribution in [3.05, 3.63) is 46.8 Å². The Labute approximate surface area is 174 Å². The van der Waals surface area contributed by atoms with Crippen molar-refractivity contribution in [3.8, 4) is 11.1 Å². The number of hydrogen-bond acceptors (Lipinski definition) is 4. The molecule has 1 saturated heterocycles. The van der Waals surface area contributed by atoms with Crippen LogP contribution in [-0.4, -0.2) is 33.5 Å². The number of fused-ring (bicyclic) bond motifs is 1. The van der Waals surface area contributed by atoms with Gasteiger partial charge in [-0.3, -0.25) is 4.40 Å². The molecular weight excluding hydrogens is 393 g/mol. The van der Waals surface area contributed by atoms with Crippen LogP contribution in [-0.2, 0) is 0 Å². The lowest BCUT2D eigenvalue weighted by Gasteiger charge is -2.42. The molecule has 1 aromatic carbocycles. The third-order valence-electron chi connectivity index (χ3n) is 6.67.